The fraction of sp³-hybridized carbons (Fsp3) is 0.0968. The molecule has 0 heterocycles. The molecule has 0 heteroatoms. The molecule has 10 aromatic carbocycles. The van der Waals surface area contributed by atoms with Crippen LogP contribution in [0.1, 0.15) is 49.9 Å². The highest BCUT2D eigenvalue weighted by Crippen LogP contribution is 2.60. The lowest BCUT2D eigenvalue weighted by Crippen LogP contribution is -2.17. The van der Waals surface area contributed by atoms with E-state index in [0.717, 1.165) is 0 Å². The highest BCUT2D eigenvalue weighted by molar-refractivity contribution is 6.28. The van der Waals surface area contributed by atoms with Crippen LogP contribution in [0.5, 0.6) is 0 Å². The lowest BCUT2D eigenvalue weighted by Gasteiger charge is -2.24. The first-order valence-corrected chi connectivity index (χ1v) is 22.1. The van der Waals surface area contributed by atoms with E-state index in [1.807, 2.05) is 0 Å². The molecule has 3 aliphatic rings. The molecule has 0 saturated heterocycles. The molecule has 62 heavy (non-hydrogen) atoms. The molecule has 0 atom stereocenters. The van der Waals surface area contributed by atoms with Gasteiger partial charge in [0.25, 0.3) is 0 Å². The maximum absolute atomic E-state index is 2.52. The molecule has 0 bridgehead atoms. The predicted molar refractivity (Wildman–Crippen MR) is 263 cm³/mol. The van der Waals surface area contributed by atoms with E-state index in [-0.39, 0.29) is 10.8 Å². The fourth-order valence-electron chi connectivity index (χ4n) is 11.8. The first kappa shape index (κ1) is 35.5. The molecule has 0 nitrogen and oxygen atoms in total. The Morgan fingerprint density at radius 1 is 0.258 bits per heavy atom. The third-order valence-corrected chi connectivity index (χ3v) is 14.8. The van der Waals surface area contributed by atoms with Gasteiger partial charge in [-0.15, -0.1) is 0 Å². The monoisotopic (exact) mass is 788 g/mol. The van der Waals surface area contributed by atoms with Crippen molar-refractivity contribution in [3.8, 4) is 89.0 Å². The first-order valence-electron chi connectivity index (χ1n) is 22.1. The second-order valence-corrected chi connectivity index (χ2v) is 18.7. The minimum absolute atomic E-state index is 0.0328. The summed E-state index contributed by atoms with van der Waals surface area (Å²) in [7, 11) is 0. The van der Waals surface area contributed by atoms with E-state index in [1.165, 1.54) is 133 Å². The number of hydrogen-bond donors (Lipinski definition) is 0. The molecular formula is C62H44. The van der Waals surface area contributed by atoms with Gasteiger partial charge in [-0.3, -0.25) is 0 Å². The first-order chi connectivity index (χ1) is 30.3. The van der Waals surface area contributed by atoms with Gasteiger partial charge in [0.15, 0.2) is 0 Å². The van der Waals surface area contributed by atoms with Gasteiger partial charge < -0.3 is 0 Å². The summed E-state index contributed by atoms with van der Waals surface area (Å²) in [4.78, 5) is 0. The molecule has 0 unspecified atom stereocenters. The smallest absolute Gasteiger partial charge is 0.0159 e. The Labute approximate surface area is 363 Å². The topological polar surface area (TPSA) is 0 Å². The highest BCUT2D eigenvalue weighted by Gasteiger charge is 2.42. The van der Waals surface area contributed by atoms with Gasteiger partial charge in [-0.1, -0.05) is 198 Å². The Hall–Kier alpha value is -7.28. The van der Waals surface area contributed by atoms with Crippen LogP contribution in [0.15, 0.2) is 194 Å². The Morgan fingerprint density at radius 3 is 1.47 bits per heavy atom. The molecule has 0 radical (unpaired) electrons. The largest absolute Gasteiger partial charge is 0.0622 e. The molecule has 10 aromatic rings. The summed E-state index contributed by atoms with van der Waals surface area (Å²) in [5.74, 6) is 0. The Kier molecular flexibility index (Phi) is 7.23. The van der Waals surface area contributed by atoms with Crippen LogP contribution in [0.4, 0.5) is 0 Å². The molecule has 0 N–H and O–H groups in total. The number of fused-ring (bicyclic) bond motifs is 10. The second-order valence-electron chi connectivity index (χ2n) is 18.7. The summed E-state index contributed by atoms with van der Waals surface area (Å²) in [6.07, 6.45) is 0. The Balaban J connectivity index is 1.01. The quantitative estimate of drug-likeness (QED) is 0.167. The normalized spacial score (nSPS) is 14.4. The lowest BCUT2D eigenvalue weighted by molar-refractivity contribution is 0.652. The molecule has 0 spiro atoms. The molecule has 0 amide bonds. The van der Waals surface area contributed by atoms with Gasteiger partial charge in [-0.25, -0.2) is 0 Å². The lowest BCUT2D eigenvalue weighted by atomic mass is 9.79. The summed E-state index contributed by atoms with van der Waals surface area (Å²) < 4.78 is 0. The molecule has 13 rings (SSSR count). The maximum atomic E-state index is 2.52. The molecule has 3 aliphatic carbocycles. The number of hydrogen-bond acceptors (Lipinski definition) is 0. The summed E-state index contributed by atoms with van der Waals surface area (Å²) in [5.41, 5.74) is 26.4. The van der Waals surface area contributed by atoms with Crippen molar-refractivity contribution >= 4 is 21.5 Å². The standard InChI is InChI=1S/C62H44/c1-61(2)52-30-13-12-24-43(52)50-35-55-51(36-54(50)61)44-32-31-40(34-53(44)62(55,3)4)39-21-14-22-41(33-39)57-46-26-10-11-27-47(46)58(45-25-9-8-23-42(45)37-17-6-5-7-18-37)60-49-29-16-20-38-19-15-28-48(56(38)49)59(57)60/h5-36H,1-4H3. The van der Waals surface area contributed by atoms with Gasteiger partial charge in [-0.2, -0.15) is 0 Å². The highest BCUT2D eigenvalue weighted by atomic mass is 14.4. The fourth-order valence-corrected chi connectivity index (χ4v) is 11.8. The molecule has 0 aromatic heterocycles. The minimum atomic E-state index is -0.137. The zero-order valence-electron chi connectivity index (χ0n) is 35.5. The average Bonchev–Trinajstić information content (AvgIpc) is 3.85. The van der Waals surface area contributed by atoms with Crippen LogP contribution in [0.25, 0.3) is 111 Å². The van der Waals surface area contributed by atoms with Gasteiger partial charge in [0.2, 0.25) is 0 Å². The van der Waals surface area contributed by atoms with Crippen LogP contribution >= 0.6 is 0 Å². The third kappa shape index (κ3) is 4.73. The Bertz CT molecular complexity index is 3550. The molecule has 0 fully saturated rings. The van der Waals surface area contributed by atoms with Crippen LogP contribution in [-0.2, 0) is 10.8 Å². The summed E-state index contributed by atoms with van der Waals surface area (Å²) in [5, 5.41) is 5.17. The van der Waals surface area contributed by atoms with Crippen molar-refractivity contribution in [2.75, 3.05) is 0 Å². The summed E-state index contributed by atoms with van der Waals surface area (Å²) in [6.45, 7) is 9.61. The number of rotatable bonds is 4. The van der Waals surface area contributed by atoms with Crippen molar-refractivity contribution in [1.29, 1.82) is 0 Å². The molecule has 0 saturated carbocycles. The van der Waals surface area contributed by atoms with Crippen LogP contribution in [0.2, 0.25) is 0 Å². The number of benzene rings is 10. The van der Waals surface area contributed by atoms with E-state index < -0.39 is 0 Å². The molecule has 0 aliphatic heterocycles. The van der Waals surface area contributed by atoms with E-state index in [0.29, 0.717) is 0 Å². The van der Waals surface area contributed by atoms with E-state index in [4.69, 9.17) is 0 Å². The maximum Gasteiger partial charge on any atom is 0.0159 e. The van der Waals surface area contributed by atoms with Crippen LogP contribution in [0, 0.1) is 0 Å². The van der Waals surface area contributed by atoms with Gasteiger partial charge in [-0.05, 0) is 157 Å². The predicted octanol–water partition coefficient (Wildman–Crippen LogP) is 16.9. The van der Waals surface area contributed by atoms with Gasteiger partial charge in [0.1, 0.15) is 0 Å². The second kappa shape index (κ2) is 12.6. The van der Waals surface area contributed by atoms with Crippen molar-refractivity contribution in [3.05, 3.63) is 216 Å². The van der Waals surface area contributed by atoms with Crippen molar-refractivity contribution in [2.45, 2.75) is 38.5 Å². The van der Waals surface area contributed by atoms with Gasteiger partial charge >= 0.3 is 0 Å². The Morgan fingerprint density at radius 2 is 0.742 bits per heavy atom. The van der Waals surface area contributed by atoms with Crippen LogP contribution in [-0.4, -0.2) is 0 Å². The van der Waals surface area contributed by atoms with E-state index in [1.54, 1.807) is 0 Å². The van der Waals surface area contributed by atoms with Crippen molar-refractivity contribution < 1.29 is 0 Å². The van der Waals surface area contributed by atoms with E-state index in [9.17, 15) is 0 Å². The molecule has 292 valence electrons. The van der Waals surface area contributed by atoms with E-state index >= 15 is 0 Å². The summed E-state index contributed by atoms with van der Waals surface area (Å²) in [6, 6.07) is 73.3. The average molecular weight is 789 g/mol. The van der Waals surface area contributed by atoms with Crippen LogP contribution < -0.4 is 0 Å². The van der Waals surface area contributed by atoms with Gasteiger partial charge in [0, 0.05) is 10.8 Å². The molecular weight excluding hydrogens is 745 g/mol. The summed E-state index contributed by atoms with van der Waals surface area (Å²) >= 11 is 0. The van der Waals surface area contributed by atoms with Crippen molar-refractivity contribution in [1.82, 2.24) is 0 Å². The van der Waals surface area contributed by atoms with E-state index in [2.05, 4.69) is 222 Å². The van der Waals surface area contributed by atoms with Crippen molar-refractivity contribution in [3.63, 3.8) is 0 Å². The zero-order valence-corrected chi connectivity index (χ0v) is 35.5. The third-order valence-electron chi connectivity index (χ3n) is 14.8. The van der Waals surface area contributed by atoms with Crippen LogP contribution in [0.3, 0.4) is 0 Å². The van der Waals surface area contributed by atoms with Gasteiger partial charge in [0.05, 0.1) is 0 Å². The zero-order chi connectivity index (χ0) is 41.5. The van der Waals surface area contributed by atoms with Crippen molar-refractivity contribution in [2.24, 2.45) is 0 Å². The minimum Gasteiger partial charge on any atom is -0.0622 e. The SMILES string of the molecule is CC1(C)c2ccccc2-c2cc3c(cc21)-c1ccc(-c2cccc(-c4c5c(c(-c6ccccc6-c6ccccc6)c6ccccc46)-c4cccc6cccc-5c46)c2)cc1C3(C)C.